The second-order valence-electron chi connectivity index (χ2n) is 5.13. The van der Waals surface area contributed by atoms with Crippen LogP contribution in [0.3, 0.4) is 0 Å². The number of hydrogen-bond donors (Lipinski definition) is 0. The van der Waals surface area contributed by atoms with Crippen LogP contribution in [0.25, 0.3) is 0 Å². The summed E-state index contributed by atoms with van der Waals surface area (Å²) in [5, 5.41) is 0.0806. The zero-order valence-corrected chi connectivity index (χ0v) is 12.3. The number of benzene rings is 1. The van der Waals surface area contributed by atoms with Gasteiger partial charge in [-0.05, 0) is 24.8 Å². The van der Waals surface area contributed by atoms with E-state index in [1.54, 1.807) is 7.11 Å². The molecule has 1 aliphatic heterocycles. The van der Waals surface area contributed by atoms with Crippen LogP contribution in [0.5, 0.6) is 5.75 Å². The minimum absolute atomic E-state index is 0.0806. The van der Waals surface area contributed by atoms with E-state index in [0.717, 1.165) is 24.8 Å². The van der Waals surface area contributed by atoms with E-state index < -0.39 is 5.82 Å². The monoisotopic (exact) mass is 286 g/mol. The Morgan fingerprint density at radius 3 is 2.84 bits per heavy atom. The zero-order chi connectivity index (χ0) is 14.0. The van der Waals surface area contributed by atoms with Gasteiger partial charge in [0.25, 0.3) is 0 Å². The maximum absolute atomic E-state index is 13.6. The van der Waals surface area contributed by atoms with E-state index in [1.807, 2.05) is 0 Å². The molecule has 0 aliphatic carbocycles. The van der Waals surface area contributed by atoms with Crippen LogP contribution in [0.4, 0.5) is 4.39 Å². The van der Waals surface area contributed by atoms with Crippen molar-refractivity contribution in [1.82, 2.24) is 0 Å². The lowest BCUT2D eigenvalue weighted by molar-refractivity contribution is 0.0123. The van der Waals surface area contributed by atoms with Crippen molar-refractivity contribution in [1.29, 1.82) is 0 Å². The van der Waals surface area contributed by atoms with Gasteiger partial charge < -0.3 is 9.47 Å². The van der Waals surface area contributed by atoms with Crippen molar-refractivity contribution >= 4 is 11.6 Å². The molecule has 0 spiro atoms. The maximum atomic E-state index is 13.6. The number of rotatable bonds is 4. The molecule has 3 atom stereocenters. The molecule has 1 aromatic rings. The van der Waals surface area contributed by atoms with Gasteiger partial charge in [-0.3, -0.25) is 0 Å². The fraction of sp³-hybridized carbons (Fsp3) is 0.600. The molecule has 0 radical (unpaired) electrons. The van der Waals surface area contributed by atoms with E-state index in [2.05, 4.69) is 13.8 Å². The maximum Gasteiger partial charge on any atom is 0.142 e. The van der Waals surface area contributed by atoms with Crippen molar-refractivity contribution in [3.8, 4) is 5.75 Å². The van der Waals surface area contributed by atoms with Gasteiger partial charge in [0, 0.05) is 11.6 Å². The molecule has 1 aromatic carbocycles. The Morgan fingerprint density at radius 2 is 2.21 bits per heavy atom. The Labute approximate surface area is 118 Å². The second-order valence-corrected chi connectivity index (χ2v) is 5.54. The highest BCUT2D eigenvalue weighted by Crippen LogP contribution is 2.41. The Bertz CT molecular complexity index is 450. The summed E-state index contributed by atoms with van der Waals surface area (Å²) in [5.41, 5.74) is 0.759. The summed E-state index contributed by atoms with van der Waals surface area (Å²) in [5.74, 6) is 0.697. The first-order chi connectivity index (χ1) is 9.06. The topological polar surface area (TPSA) is 18.5 Å². The molecule has 1 fully saturated rings. The van der Waals surface area contributed by atoms with E-state index in [0.29, 0.717) is 11.7 Å². The molecule has 0 N–H and O–H groups in total. The van der Waals surface area contributed by atoms with Gasteiger partial charge in [-0.2, -0.15) is 0 Å². The van der Waals surface area contributed by atoms with Crippen LogP contribution in [0.1, 0.15) is 44.8 Å². The van der Waals surface area contributed by atoms with Crippen LogP contribution in [-0.2, 0) is 4.74 Å². The molecule has 2 nitrogen and oxygen atoms in total. The van der Waals surface area contributed by atoms with Crippen LogP contribution in [0.2, 0.25) is 5.02 Å². The minimum Gasteiger partial charge on any atom is -0.496 e. The molecule has 0 aromatic heterocycles. The van der Waals surface area contributed by atoms with Crippen molar-refractivity contribution in [2.45, 2.75) is 45.3 Å². The summed E-state index contributed by atoms with van der Waals surface area (Å²) in [6.45, 7) is 4.34. The highest BCUT2D eigenvalue weighted by atomic mass is 35.5. The molecule has 0 unspecified atom stereocenters. The summed E-state index contributed by atoms with van der Waals surface area (Å²) in [6, 6.07) is 2.96. The van der Waals surface area contributed by atoms with Crippen molar-refractivity contribution in [2.75, 3.05) is 7.11 Å². The fourth-order valence-corrected chi connectivity index (χ4v) is 2.70. The van der Waals surface area contributed by atoms with Crippen molar-refractivity contribution in [3.63, 3.8) is 0 Å². The quantitative estimate of drug-likeness (QED) is 0.795. The molecular weight excluding hydrogens is 267 g/mol. The third kappa shape index (κ3) is 3.03. The van der Waals surface area contributed by atoms with E-state index in [-0.39, 0.29) is 17.2 Å². The predicted octanol–water partition coefficient (Wildman–Crippen LogP) is 4.75. The molecule has 0 bridgehead atoms. The first kappa shape index (κ1) is 14.6. The number of methoxy groups -OCH3 is 1. The number of halogens is 2. The highest BCUT2D eigenvalue weighted by Gasteiger charge is 2.31. The second kappa shape index (κ2) is 6.10. The third-order valence-electron chi connectivity index (χ3n) is 3.95. The fourth-order valence-electron chi connectivity index (χ4n) is 2.55. The molecule has 1 aliphatic rings. The molecule has 0 amide bonds. The van der Waals surface area contributed by atoms with Gasteiger partial charge in [0.05, 0.1) is 24.3 Å². The Hall–Kier alpha value is -0.800. The Kier molecular flexibility index (Phi) is 4.69. The van der Waals surface area contributed by atoms with Crippen LogP contribution >= 0.6 is 11.6 Å². The Morgan fingerprint density at radius 1 is 1.47 bits per heavy atom. The van der Waals surface area contributed by atoms with Crippen molar-refractivity contribution in [3.05, 3.63) is 28.5 Å². The molecule has 2 rings (SSSR count). The minimum atomic E-state index is -0.423. The van der Waals surface area contributed by atoms with E-state index >= 15 is 0 Å². The normalized spacial score (nSPS) is 24.5. The largest absolute Gasteiger partial charge is 0.496 e. The predicted molar refractivity (Wildman–Crippen MR) is 74.3 cm³/mol. The van der Waals surface area contributed by atoms with Gasteiger partial charge in [0.1, 0.15) is 11.6 Å². The van der Waals surface area contributed by atoms with Gasteiger partial charge in [-0.15, -0.1) is 0 Å². The first-order valence-corrected chi connectivity index (χ1v) is 7.13. The molecule has 4 heteroatoms. The van der Waals surface area contributed by atoms with E-state index in [4.69, 9.17) is 21.1 Å². The standard InChI is InChI=1S/C15H20ClFO2/c1-4-9(2)13-5-6-14(19-13)10-7-12(17)11(16)8-15(10)18-3/h7-9,13-14H,4-6H2,1-3H3/t9-,13+,14-/m1/s1. The summed E-state index contributed by atoms with van der Waals surface area (Å²) < 4.78 is 25.0. The van der Waals surface area contributed by atoms with Gasteiger partial charge in [-0.1, -0.05) is 31.9 Å². The lowest BCUT2D eigenvalue weighted by atomic mass is 9.98. The molecular formula is C15H20ClFO2. The number of hydrogen-bond acceptors (Lipinski definition) is 2. The van der Waals surface area contributed by atoms with Crippen LogP contribution in [-0.4, -0.2) is 13.2 Å². The van der Waals surface area contributed by atoms with Gasteiger partial charge in [0.15, 0.2) is 0 Å². The highest BCUT2D eigenvalue weighted by molar-refractivity contribution is 6.30. The van der Waals surface area contributed by atoms with Crippen molar-refractivity contribution < 1.29 is 13.9 Å². The lowest BCUT2D eigenvalue weighted by Crippen LogP contribution is -2.16. The molecule has 1 heterocycles. The van der Waals surface area contributed by atoms with Crippen LogP contribution in [0, 0.1) is 11.7 Å². The molecule has 19 heavy (non-hydrogen) atoms. The first-order valence-electron chi connectivity index (χ1n) is 6.75. The van der Waals surface area contributed by atoms with Crippen LogP contribution in [0.15, 0.2) is 12.1 Å². The third-order valence-corrected chi connectivity index (χ3v) is 4.24. The SMILES string of the molecule is CC[C@@H](C)[C@@H]1CC[C@H](c2cc(F)c(Cl)cc2OC)O1. The summed E-state index contributed by atoms with van der Waals surface area (Å²) in [7, 11) is 1.56. The molecule has 106 valence electrons. The van der Waals surface area contributed by atoms with E-state index in [9.17, 15) is 4.39 Å². The average Bonchev–Trinajstić information content (AvgIpc) is 2.90. The molecule has 0 saturated carbocycles. The number of ether oxygens (including phenoxy) is 2. The lowest BCUT2D eigenvalue weighted by Gasteiger charge is -2.20. The smallest absolute Gasteiger partial charge is 0.142 e. The van der Waals surface area contributed by atoms with Gasteiger partial charge in [-0.25, -0.2) is 4.39 Å². The van der Waals surface area contributed by atoms with Crippen LogP contribution < -0.4 is 4.74 Å². The summed E-state index contributed by atoms with van der Waals surface area (Å²) in [4.78, 5) is 0. The van der Waals surface area contributed by atoms with E-state index in [1.165, 1.54) is 12.1 Å². The van der Waals surface area contributed by atoms with Crippen molar-refractivity contribution in [2.24, 2.45) is 5.92 Å². The zero-order valence-electron chi connectivity index (χ0n) is 11.6. The Balaban J connectivity index is 2.21. The summed E-state index contributed by atoms with van der Waals surface area (Å²) >= 11 is 5.78. The summed E-state index contributed by atoms with van der Waals surface area (Å²) in [6.07, 6.45) is 3.14. The van der Waals surface area contributed by atoms with Gasteiger partial charge >= 0.3 is 0 Å². The molecule has 1 saturated heterocycles. The average molecular weight is 287 g/mol. The van der Waals surface area contributed by atoms with Gasteiger partial charge in [0.2, 0.25) is 0 Å².